The molecule has 1 aromatic carbocycles. The van der Waals surface area contributed by atoms with Crippen molar-refractivity contribution in [2.45, 2.75) is 35.6 Å². The lowest BCUT2D eigenvalue weighted by molar-refractivity contribution is -0.155. The summed E-state index contributed by atoms with van der Waals surface area (Å²) in [4.78, 5) is 52.8. The van der Waals surface area contributed by atoms with Crippen LogP contribution in [0, 0.1) is 6.92 Å². The molecule has 2 aliphatic heterocycles. The number of esters is 1. The van der Waals surface area contributed by atoms with Crippen LogP contribution in [0.4, 0.5) is 0 Å². The molecule has 3 aromatic rings. The number of amides is 2. The van der Waals surface area contributed by atoms with Gasteiger partial charge in [0.05, 0.1) is 6.61 Å². The molecule has 11 nitrogen and oxygen atoms in total. The fraction of sp³-hybridized carbons (Fsp3) is 0.333. The number of para-hydroxylation sites is 1. The number of aryl methyl sites for hydroxylation is 1. The molecule has 198 valence electrons. The van der Waals surface area contributed by atoms with Crippen molar-refractivity contribution in [1.29, 1.82) is 0 Å². The summed E-state index contributed by atoms with van der Waals surface area (Å²) >= 11 is 4.15. The standard InChI is InChI=1S/C24H23N5O6S3/c1-3-35-23(34)18(28-9-8-13-6-4-5-7-15(13)28)19(30)25-16-20(31)29-17(22(32)33)14(10-36-21(16)29)11-37-24-27-26-12(2)38-24/h4-9,16,18,21H,3,10-11H2,1-2H3,(H,25,30)(H,32,33). The molecular weight excluding hydrogens is 550 g/mol. The van der Waals surface area contributed by atoms with Crippen LogP contribution >= 0.6 is 34.9 Å². The molecule has 0 radical (unpaired) electrons. The molecule has 2 aromatic heterocycles. The molecule has 3 atom stereocenters. The van der Waals surface area contributed by atoms with Crippen molar-refractivity contribution >= 4 is 69.5 Å². The van der Waals surface area contributed by atoms with Crippen molar-refractivity contribution in [3.63, 3.8) is 0 Å². The van der Waals surface area contributed by atoms with Crippen molar-refractivity contribution in [2.24, 2.45) is 0 Å². The summed E-state index contributed by atoms with van der Waals surface area (Å²) < 4.78 is 7.41. The summed E-state index contributed by atoms with van der Waals surface area (Å²) in [6, 6.07) is 6.77. The maximum absolute atomic E-state index is 13.4. The maximum Gasteiger partial charge on any atom is 0.352 e. The molecular formula is C24H23N5O6S3. The van der Waals surface area contributed by atoms with Gasteiger partial charge in [0.2, 0.25) is 6.04 Å². The summed E-state index contributed by atoms with van der Waals surface area (Å²) in [5.41, 5.74) is 1.19. The number of fused-ring (bicyclic) bond motifs is 2. The summed E-state index contributed by atoms with van der Waals surface area (Å²) in [6.07, 6.45) is 1.63. The van der Waals surface area contributed by atoms with Gasteiger partial charge in [-0.3, -0.25) is 14.5 Å². The Morgan fingerprint density at radius 3 is 2.76 bits per heavy atom. The molecule has 1 fully saturated rings. The first-order chi connectivity index (χ1) is 18.3. The number of β-lactam (4-membered cyclic amide) rings is 1. The molecule has 14 heteroatoms. The predicted molar refractivity (Wildman–Crippen MR) is 143 cm³/mol. The highest BCUT2D eigenvalue weighted by atomic mass is 32.2. The van der Waals surface area contributed by atoms with E-state index in [4.69, 9.17) is 4.74 Å². The minimum Gasteiger partial charge on any atom is -0.477 e. The first-order valence-electron chi connectivity index (χ1n) is 11.7. The van der Waals surface area contributed by atoms with Gasteiger partial charge in [-0.25, -0.2) is 9.59 Å². The summed E-state index contributed by atoms with van der Waals surface area (Å²) in [5, 5.41) is 21.7. The van der Waals surface area contributed by atoms with Gasteiger partial charge in [-0.2, -0.15) is 0 Å². The summed E-state index contributed by atoms with van der Waals surface area (Å²) in [5.74, 6) is -2.47. The molecule has 0 spiro atoms. The highest BCUT2D eigenvalue weighted by Crippen LogP contribution is 2.42. The quantitative estimate of drug-likeness (QED) is 0.170. The van der Waals surface area contributed by atoms with Gasteiger partial charge in [-0.1, -0.05) is 41.3 Å². The largest absolute Gasteiger partial charge is 0.477 e. The van der Waals surface area contributed by atoms with Gasteiger partial charge in [-0.15, -0.1) is 22.0 Å². The highest BCUT2D eigenvalue weighted by molar-refractivity contribution is 8.01. The molecule has 4 heterocycles. The van der Waals surface area contributed by atoms with Crippen LogP contribution in [0.1, 0.15) is 18.0 Å². The number of hydrogen-bond acceptors (Lipinski definition) is 10. The maximum atomic E-state index is 13.4. The number of aliphatic carboxylic acids is 1. The lowest BCUT2D eigenvalue weighted by Crippen LogP contribution is -2.71. The predicted octanol–water partition coefficient (Wildman–Crippen LogP) is 2.44. The molecule has 2 aliphatic rings. The Labute approximate surface area is 229 Å². The Balaban J connectivity index is 1.35. The average molecular weight is 574 g/mol. The third-order valence-corrected chi connectivity index (χ3v) is 9.49. The number of thioether (sulfide) groups is 2. The lowest BCUT2D eigenvalue weighted by Gasteiger charge is -2.49. The Morgan fingerprint density at radius 2 is 2.05 bits per heavy atom. The second kappa shape index (κ2) is 10.8. The number of carbonyl (C=O) groups excluding carboxylic acids is 3. The molecule has 0 bridgehead atoms. The number of carbonyl (C=O) groups is 4. The van der Waals surface area contributed by atoms with Crippen molar-refractivity contribution in [1.82, 2.24) is 25.0 Å². The molecule has 38 heavy (non-hydrogen) atoms. The first-order valence-corrected chi connectivity index (χ1v) is 14.5. The van der Waals surface area contributed by atoms with Gasteiger partial charge in [0.25, 0.3) is 11.8 Å². The van der Waals surface area contributed by atoms with Crippen LogP contribution in [-0.4, -0.2) is 78.1 Å². The van der Waals surface area contributed by atoms with Gasteiger partial charge in [0.1, 0.15) is 22.1 Å². The third-order valence-electron chi connectivity index (χ3n) is 6.09. The highest BCUT2D eigenvalue weighted by Gasteiger charge is 2.54. The van der Waals surface area contributed by atoms with Crippen molar-refractivity contribution in [3.05, 3.63) is 52.8 Å². The van der Waals surface area contributed by atoms with E-state index < -0.39 is 41.2 Å². The Hall–Kier alpha value is -3.36. The topological polar surface area (TPSA) is 144 Å². The van der Waals surface area contributed by atoms with Crippen LogP contribution in [0.3, 0.4) is 0 Å². The molecule has 2 N–H and O–H groups in total. The number of nitrogens with one attached hydrogen (secondary N) is 1. The Bertz CT molecular complexity index is 1470. The van der Waals surface area contributed by atoms with Gasteiger partial charge < -0.3 is 19.7 Å². The smallest absolute Gasteiger partial charge is 0.352 e. The van der Waals surface area contributed by atoms with E-state index >= 15 is 0 Å². The van der Waals surface area contributed by atoms with Crippen LogP contribution in [0.5, 0.6) is 0 Å². The van der Waals surface area contributed by atoms with E-state index in [-0.39, 0.29) is 12.3 Å². The van der Waals surface area contributed by atoms with E-state index in [2.05, 4.69) is 15.5 Å². The Morgan fingerprint density at radius 1 is 1.26 bits per heavy atom. The number of nitrogens with zero attached hydrogens (tertiary/aromatic N) is 4. The van der Waals surface area contributed by atoms with E-state index in [1.807, 2.05) is 19.1 Å². The van der Waals surface area contributed by atoms with Gasteiger partial charge in [0, 0.05) is 23.2 Å². The monoisotopic (exact) mass is 573 g/mol. The van der Waals surface area contributed by atoms with Crippen molar-refractivity contribution in [3.8, 4) is 0 Å². The van der Waals surface area contributed by atoms with E-state index in [1.165, 1.54) is 44.3 Å². The summed E-state index contributed by atoms with van der Waals surface area (Å²) in [6.45, 7) is 3.57. The third kappa shape index (κ3) is 4.78. The van der Waals surface area contributed by atoms with Crippen LogP contribution < -0.4 is 5.32 Å². The minimum atomic E-state index is -1.35. The first kappa shape index (κ1) is 26.3. The zero-order chi connectivity index (χ0) is 27.0. The molecule has 0 saturated carbocycles. The average Bonchev–Trinajstić information content (AvgIpc) is 3.51. The number of ether oxygens (including phenoxy) is 1. The number of carboxylic acid groups (broad SMARTS) is 1. The normalized spacial score (nSPS) is 19.6. The second-order valence-electron chi connectivity index (χ2n) is 8.47. The fourth-order valence-electron chi connectivity index (χ4n) is 4.41. The fourth-order valence-corrected chi connectivity index (χ4v) is 7.71. The number of aromatic nitrogens is 3. The van der Waals surface area contributed by atoms with E-state index in [0.29, 0.717) is 22.6 Å². The molecule has 1 saturated heterocycles. The van der Waals surface area contributed by atoms with Crippen molar-refractivity contribution < 1.29 is 29.0 Å². The van der Waals surface area contributed by atoms with Crippen LogP contribution in [0.15, 0.2) is 52.1 Å². The summed E-state index contributed by atoms with van der Waals surface area (Å²) in [7, 11) is 0. The van der Waals surface area contributed by atoms with Crippen LogP contribution in [0.25, 0.3) is 10.9 Å². The van der Waals surface area contributed by atoms with Gasteiger partial charge in [-0.05, 0) is 36.9 Å². The van der Waals surface area contributed by atoms with E-state index in [1.54, 1.807) is 31.3 Å². The van der Waals surface area contributed by atoms with E-state index in [0.717, 1.165) is 14.7 Å². The SMILES string of the molecule is CCOC(=O)C(C(=O)NC1C(=O)N2C(C(=O)O)=C(CSc3nnc(C)s3)CSC12)n1ccc2ccccc21. The zero-order valence-electron chi connectivity index (χ0n) is 20.3. The Kier molecular flexibility index (Phi) is 7.45. The molecule has 0 aliphatic carbocycles. The second-order valence-corrected chi connectivity index (χ2v) is 12.0. The number of carboxylic acids is 1. The zero-order valence-corrected chi connectivity index (χ0v) is 22.8. The lowest BCUT2D eigenvalue weighted by atomic mass is 10.0. The number of benzene rings is 1. The molecule has 3 unspecified atom stereocenters. The molecule has 5 rings (SSSR count). The van der Waals surface area contributed by atoms with Crippen LogP contribution in [0.2, 0.25) is 0 Å². The number of hydrogen-bond donors (Lipinski definition) is 2. The van der Waals surface area contributed by atoms with E-state index in [9.17, 15) is 24.3 Å². The minimum absolute atomic E-state index is 0.0728. The van der Waals surface area contributed by atoms with Gasteiger partial charge >= 0.3 is 11.9 Å². The van der Waals surface area contributed by atoms with Crippen LogP contribution in [-0.2, 0) is 23.9 Å². The number of rotatable bonds is 9. The molecule has 2 amide bonds. The van der Waals surface area contributed by atoms with Crippen molar-refractivity contribution in [2.75, 3.05) is 18.1 Å². The van der Waals surface area contributed by atoms with Gasteiger partial charge in [0.15, 0.2) is 4.34 Å².